The fourth-order valence-corrected chi connectivity index (χ4v) is 2.77. The minimum absolute atomic E-state index is 0.103. The number of carbonyl (C=O) groups is 2. The quantitative estimate of drug-likeness (QED) is 0.899. The van der Waals surface area contributed by atoms with E-state index in [4.69, 9.17) is 4.42 Å². The Morgan fingerprint density at radius 2 is 2.12 bits per heavy atom. The van der Waals surface area contributed by atoms with Crippen LogP contribution in [-0.4, -0.2) is 29.4 Å². The van der Waals surface area contributed by atoms with Crippen molar-refractivity contribution in [3.05, 3.63) is 41.8 Å². The molecule has 0 aliphatic carbocycles. The Bertz CT molecular complexity index is 724. The van der Waals surface area contributed by atoms with Gasteiger partial charge in [-0.3, -0.25) is 9.59 Å². The highest BCUT2D eigenvalue weighted by Crippen LogP contribution is 2.21. The molecule has 0 saturated carbocycles. The molecule has 3 rings (SSSR count). The number of benzene rings is 1. The van der Waals surface area contributed by atoms with Gasteiger partial charge in [0.2, 0.25) is 17.7 Å². The molecule has 0 bridgehead atoms. The number of aromatic nitrogens is 1. The van der Waals surface area contributed by atoms with Gasteiger partial charge in [0, 0.05) is 12.1 Å². The molecule has 1 aliphatic heterocycles. The Balaban J connectivity index is 1.66. The normalized spacial score (nSPS) is 17.9. The summed E-state index contributed by atoms with van der Waals surface area (Å²) in [6, 6.07) is 9.10. The number of hydrogen-bond acceptors (Lipinski definition) is 4. The van der Waals surface area contributed by atoms with Crippen LogP contribution in [-0.2, 0) is 16.0 Å². The zero-order valence-corrected chi connectivity index (χ0v) is 13.7. The predicted molar refractivity (Wildman–Crippen MR) is 89.2 cm³/mol. The maximum atomic E-state index is 12.3. The lowest BCUT2D eigenvalue weighted by Crippen LogP contribution is -2.46. The van der Waals surface area contributed by atoms with Crippen molar-refractivity contribution < 1.29 is 14.0 Å². The minimum Gasteiger partial charge on any atom is -0.441 e. The number of nitrogens with one attached hydrogen (secondary N) is 2. The van der Waals surface area contributed by atoms with Crippen LogP contribution in [0.15, 0.2) is 34.7 Å². The molecule has 2 amide bonds. The van der Waals surface area contributed by atoms with Gasteiger partial charge in [0.1, 0.15) is 11.8 Å². The van der Waals surface area contributed by atoms with Crippen molar-refractivity contribution in [2.75, 3.05) is 6.54 Å². The Labute approximate surface area is 140 Å². The molecule has 0 spiro atoms. The SMILES string of the molecule is Cc1oc(-c2ccccc2)nc1CC(=O)NC1CCCCNC1=O. The summed E-state index contributed by atoms with van der Waals surface area (Å²) in [4.78, 5) is 28.6. The molecule has 6 nitrogen and oxygen atoms in total. The summed E-state index contributed by atoms with van der Waals surface area (Å²) < 4.78 is 5.66. The van der Waals surface area contributed by atoms with Gasteiger partial charge in [-0.25, -0.2) is 4.98 Å². The van der Waals surface area contributed by atoms with Crippen molar-refractivity contribution in [3.8, 4) is 11.5 Å². The van der Waals surface area contributed by atoms with Crippen molar-refractivity contribution in [3.63, 3.8) is 0 Å². The number of amides is 2. The van der Waals surface area contributed by atoms with E-state index < -0.39 is 6.04 Å². The van der Waals surface area contributed by atoms with E-state index >= 15 is 0 Å². The molecule has 6 heteroatoms. The zero-order valence-electron chi connectivity index (χ0n) is 13.7. The molecule has 1 atom stereocenters. The van der Waals surface area contributed by atoms with E-state index in [1.54, 1.807) is 6.92 Å². The third-order valence-electron chi connectivity index (χ3n) is 4.11. The molecule has 24 heavy (non-hydrogen) atoms. The molecule has 1 aliphatic rings. The number of aryl methyl sites for hydroxylation is 1. The number of nitrogens with zero attached hydrogens (tertiary/aromatic N) is 1. The number of hydrogen-bond donors (Lipinski definition) is 2. The second-order valence-electron chi connectivity index (χ2n) is 5.97. The molecule has 0 radical (unpaired) electrons. The highest BCUT2D eigenvalue weighted by molar-refractivity contribution is 5.88. The number of oxazole rings is 1. The van der Waals surface area contributed by atoms with Gasteiger partial charge in [0.25, 0.3) is 0 Å². The Morgan fingerprint density at radius 1 is 1.33 bits per heavy atom. The van der Waals surface area contributed by atoms with E-state index in [9.17, 15) is 9.59 Å². The van der Waals surface area contributed by atoms with Crippen molar-refractivity contribution >= 4 is 11.8 Å². The van der Waals surface area contributed by atoms with Gasteiger partial charge in [0.05, 0.1) is 12.1 Å². The summed E-state index contributed by atoms with van der Waals surface area (Å²) in [5, 5.41) is 5.61. The average molecular weight is 327 g/mol. The molecular formula is C18H21N3O3. The third-order valence-corrected chi connectivity index (χ3v) is 4.11. The van der Waals surface area contributed by atoms with Gasteiger partial charge in [-0.2, -0.15) is 0 Å². The molecular weight excluding hydrogens is 306 g/mol. The number of rotatable bonds is 4. The maximum absolute atomic E-state index is 12.3. The second-order valence-corrected chi connectivity index (χ2v) is 5.97. The number of carbonyl (C=O) groups excluding carboxylic acids is 2. The molecule has 1 saturated heterocycles. The molecule has 1 unspecified atom stereocenters. The lowest BCUT2D eigenvalue weighted by atomic mass is 10.1. The van der Waals surface area contributed by atoms with Crippen LogP contribution < -0.4 is 10.6 Å². The van der Waals surface area contributed by atoms with Crippen LogP contribution in [0.4, 0.5) is 0 Å². The van der Waals surface area contributed by atoms with Crippen molar-refractivity contribution in [2.24, 2.45) is 0 Å². The van der Waals surface area contributed by atoms with E-state index in [1.807, 2.05) is 30.3 Å². The largest absolute Gasteiger partial charge is 0.441 e. The fraction of sp³-hybridized carbons (Fsp3) is 0.389. The van der Waals surface area contributed by atoms with Gasteiger partial charge in [-0.15, -0.1) is 0 Å². The van der Waals surface area contributed by atoms with Crippen LogP contribution in [0, 0.1) is 6.92 Å². The monoisotopic (exact) mass is 327 g/mol. The van der Waals surface area contributed by atoms with Gasteiger partial charge in [0.15, 0.2) is 0 Å². The molecule has 1 aromatic heterocycles. The summed E-state index contributed by atoms with van der Waals surface area (Å²) in [7, 11) is 0. The second kappa shape index (κ2) is 7.29. The third kappa shape index (κ3) is 3.82. The summed E-state index contributed by atoms with van der Waals surface area (Å²) >= 11 is 0. The molecule has 2 heterocycles. The topological polar surface area (TPSA) is 84.2 Å². The van der Waals surface area contributed by atoms with Gasteiger partial charge in [-0.1, -0.05) is 18.2 Å². The average Bonchev–Trinajstić information content (AvgIpc) is 2.82. The predicted octanol–water partition coefficient (Wildman–Crippen LogP) is 1.98. The van der Waals surface area contributed by atoms with Crippen molar-refractivity contribution in [1.82, 2.24) is 15.6 Å². The first kappa shape index (κ1) is 16.2. The smallest absolute Gasteiger partial charge is 0.242 e. The summed E-state index contributed by atoms with van der Waals surface area (Å²) in [6.45, 7) is 2.47. The Kier molecular flexibility index (Phi) is 4.93. The van der Waals surface area contributed by atoms with Crippen LogP contribution in [0.5, 0.6) is 0 Å². The molecule has 2 N–H and O–H groups in total. The van der Waals surface area contributed by atoms with E-state index in [2.05, 4.69) is 15.6 Å². The molecule has 126 valence electrons. The highest BCUT2D eigenvalue weighted by Gasteiger charge is 2.23. The standard InChI is InChI=1S/C18H21N3O3/c1-12-15(21-18(24-12)13-7-3-2-4-8-13)11-16(22)20-14-9-5-6-10-19-17(14)23/h2-4,7-8,14H,5-6,9-11H2,1H3,(H,19,23)(H,20,22). The first-order valence-electron chi connectivity index (χ1n) is 8.22. The first-order chi connectivity index (χ1) is 11.6. The summed E-state index contributed by atoms with van der Waals surface area (Å²) in [5.41, 5.74) is 1.47. The van der Waals surface area contributed by atoms with E-state index in [0.717, 1.165) is 18.4 Å². The summed E-state index contributed by atoms with van der Waals surface area (Å²) in [5.74, 6) is 0.799. The van der Waals surface area contributed by atoms with Gasteiger partial charge in [-0.05, 0) is 38.3 Å². The zero-order chi connectivity index (χ0) is 16.9. The van der Waals surface area contributed by atoms with Crippen LogP contribution in [0.3, 0.4) is 0 Å². The van der Waals surface area contributed by atoms with Crippen molar-refractivity contribution in [1.29, 1.82) is 0 Å². The fourth-order valence-electron chi connectivity index (χ4n) is 2.77. The molecule has 1 aromatic carbocycles. The van der Waals surface area contributed by atoms with E-state index in [-0.39, 0.29) is 18.2 Å². The lowest BCUT2D eigenvalue weighted by Gasteiger charge is -2.14. The van der Waals surface area contributed by atoms with Crippen LogP contribution >= 0.6 is 0 Å². The van der Waals surface area contributed by atoms with Crippen molar-refractivity contribution in [2.45, 2.75) is 38.6 Å². The Morgan fingerprint density at radius 3 is 2.92 bits per heavy atom. The molecule has 2 aromatic rings. The minimum atomic E-state index is -0.458. The van der Waals surface area contributed by atoms with Crippen LogP contribution in [0.25, 0.3) is 11.5 Å². The lowest BCUT2D eigenvalue weighted by molar-refractivity contribution is -0.128. The summed E-state index contributed by atoms with van der Waals surface area (Å²) in [6.07, 6.45) is 2.64. The van der Waals surface area contributed by atoms with Gasteiger partial charge >= 0.3 is 0 Å². The first-order valence-corrected chi connectivity index (χ1v) is 8.22. The highest BCUT2D eigenvalue weighted by atomic mass is 16.4. The van der Waals surface area contributed by atoms with Crippen LogP contribution in [0.1, 0.15) is 30.7 Å². The molecule has 1 fully saturated rings. The Hall–Kier alpha value is -2.63. The maximum Gasteiger partial charge on any atom is 0.242 e. The van der Waals surface area contributed by atoms with E-state index in [0.29, 0.717) is 30.3 Å². The van der Waals surface area contributed by atoms with E-state index in [1.165, 1.54) is 0 Å². The van der Waals surface area contributed by atoms with Crippen LogP contribution in [0.2, 0.25) is 0 Å². The van der Waals surface area contributed by atoms with Gasteiger partial charge < -0.3 is 15.1 Å².